The molecular formula is C16H20N2O. The van der Waals surface area contributed by atoms with Gasteiger partial charge in [-0.2, -0.15) is 0 Å². The molecule has 0 spiro atoms. The maximum absolute atomic E-state index is 5.80. The Bertz CT molecular complexity index is 521. The molecule has 3 nitrogen and oxygen atoms in total. The van der Waals surface area contributed by atoms with Crippen molar-refractivity contribution >= 4 is 0 Å². The molecule has 1 aliphatic rings. The van der Waals surface area contributed by atoms with Crippen molar-refractivity contribution in [1.29, 1.82) is 0 Å². The van der Waals surface area contributed by atoms with E-state index in [0.29, 0.717) is 6.04 Å². The van der Waals surface area contributed by atoms with Crippen molar-refractivity contribution in [3.8, 4) is 0 Å². The fraction of sp³-hybridized carbons (Fsp3) is 0.438. The van der Waals surface area contributed by atoms with Gasteiger partial charge in [-0.05, 0) is 56.5 Å². The second kappa shape index (κ2) is 5.57. The van der Waals surface area contributed by atoms with Crippen LogP contribution in [0.2, 0.25) is 0 Å². The number of pyridine rings is 1. The molecule has 2 aromatic rings. The van der Waals surface area contributed by atoms with Gasteiger partial charge in [0.15, 0.2) is 0 Å². The van der Waals surface area contributed by atoms with Crippen LogP contribution in [-0.4, -0.2) is 23.0 Å². The number of aromatic nitrogens is 1. The molecule has 0 N–H and O–H groups in total. The van der Waals surface area contributed by atoms with E-state index < -0.39 is 0 Å². The molecule has 1 saturated heterocycles. The summed E-state index contributed by atoms with van der Waals surface area (Å²) in [6.07, 6.45) is 7.32. The molecule has 0 aliphatic carbocycles. The summed E-state index contributed by atoms with van der Waals surface area (Å²) in [6.45, 7) is 4.26. The van der Waals surface area contributed by atoms with Crippen LogP contribution < -0.4 is 0 Å². The molecule has 100 valence electrons. The lowest BCUT2D eigenvalue weighted by Gasteiger charge is -2.22. The molecule has 2 aromatic heterocycles. The highest BCUT2D eigenvalue weighted by molar-refractivity contribution is 5.12. The Balaban J connectivity index is 1.64. The number of hydrogen-bond donors (Lipinski definition) is 0. The standard InChI is InChI=1S/C16H20N2O/c1-13-6-7-16(19-13)15-5-3-10-18(15)11-8-14-4-2-9-17-12-14/h2,4,6-7,9,12,15H,3,5,8,10-11H2,1H3/t15-/m0/s1. The Morgan fingerprint density at radius 3 is 3.05 bits per heavy atom. The summed E-state index contributed by atoms with van der Waals surface area (Å²) in [6, 6.07) is 8.81. The SMILES string of the molecule is Cc1ccc([C@@H]2CCCN2CCc2cccnc2)o1. The molecule has 3 heteroatoms. The molecule has 19 heavy (non-hydrogen) atoms. The minimum absolute atomic E-state index is 0.463. The highest BCUT2D eigenvalue weighted by Crippen LogP contribution is 2.32. The molecule has 3 heterocycles. The third-order valence-corrected chi connectivity index (χ3v) is 3.86. The van der Waals surface area contributed by atoms with Crippen LogP contribution in [0.25, 0.3) is 0 Å². The minimum Gasteiger partial charge on any atom is -0.465 e. The van der Waals surface area contributed by atoms with E-state index in [1.54, 1.807) is 0 Å². The predicted molar refractivity (Wildman–Crippen MR) is 74.9 cm³/mol. The van der Waals surface area contributed by atoms with Crippen molar-refractivity contribution in [1.82, 2.24) is 9.88 Å². The second-order valence-electron chi connectivity index (χ2n) is 5.25. The summed E-state index contributed by atoms with van der Waals surface area (Å²) in [5, 5.41) is 0. The van der Waals surface area contributed by atoms with Gasteiger partial charge < -0.3 is 4.42 Å². The molecular weight excluding hydrogens is 236 g/mol. The van der Waals surface area contributed by atoms with Crippen LogP contribution in [0.1, 0.15) is 36.0 Å². The first-order valence-corrected chi connectivity index (χ1v) is 7.02. The first kappa shape index (κ1) is 12.4. The summed E-state index contributed by atoms with van der Waals surface area (Å²) in [7, 11) is 0. The highest BCUT2D eigenvalue weighted by atomic mass is 16.3. The van der Waals surface area contributed by atoms with Crippen LogP contribution in [0.5, 0.6) is 0 Å². The summed E-state index contributed by atoms with van der Waals surface area (Å²) < 4.78 is 5.80. The Kier molecular flexibility index (Phi) is 3.65. The minimum atomic E-state index is 0.463. The summed E-state index contributed by atoms with van der Waals surface area (Å²) >= 11 is 0. The number of aryl methyl sites for hydroxylation is 1. The van der Waals surface area contributed by atoms with Gasteiger partial charge >= 0.3 is 0 Å². The lowest BCUT2D eigenvalue weighted by atomic mass is 10.1. The highest BCUT2D eigenvalue weighted by Gasteiger charge is 2.27. The van der Waals surface area contributed by atoms with Crippen molar-refractivity contribution < 1.29 is 4.42 Å². The Labute approximate surface area is 114 Å². The van der Waals surface area contributed by atoms with Crippen molar-refractivity contribution in [2.45, 2.75) is 32.2 Å². The first-order valence-electron chi connectivity index (χ1n) is 7.02. The molecule has 0 amide bonds. The van der Waals surface area contributed by atoms with Crippen molar-refractivity contribution in [3.05, 3.63) is 53.7 Å². The van der Waals surface area contributed by atoms with E-state index in [0.717, 1.165) is 24.5 Å². The average Bonchev–Trinajstić information content (AvgIpc) is 3.06. The van der Waals surface area contributed by atoms with Crippen LogP contribution >= 0.6 is 0 Å². The Morgan fingerprint density at radius 2 is 2.32 bits per heavy atom. The average molecular weight is 256 g/mol. The van der Waals surface area contributed by atoms with E-state index in [1.807, 2.05) is 25.4 Å². The number of rotatable bonds is 4. The maximum Gasteiger partial charge on any atom is 0.121 e. The quantitative estimate of drug-likeness (QED) is 0.840. The van der Waals surface area contributed by atoms with E-state index in [4.69, 9.17) is 4.42 Å². The van der Waals surface area contributed by atoms with E-state index in [1.165, 1.54) is 24.9 Å². The monoisotopic (exact) mass is 256 g/mol. The molecule has 0 unspecified atom stereocenters. The fourth-order valence-electron chi connectivity index (χ4n) is 2.87. The van der Waals surface area contributed by atoms with Gasteiger partial charge in [0.05, 0.1) is 6.04 Å². The second-order valence-corrected chi connectivity index (χ2v) is 5.25. The number of furan rings is 1. The smallest absolute Gasteiger partial charge is 0.121 e. The number of hydrogen-bond acceptors (Lipinski definition) is 3. The summed E-state index contributed by atoms with van der Waals surface area (Å²) in [5.74, 6) is 2.13. The molecule has 0 aromatic carbocycles. The molecule has 1 atom stereocenters. The number of likely N-dealkylation sites (tertiary alicyclic amines) is 1. The third kappa shape index (κ3) is 2.87. The van der Waals surface area contributed by atoms with Gasteiger partial charge in [-0.1, -0.05) is 6.07 Å². The molecule has 3 rings (SSSR count). The Hall–Kier alpha value is -1.61. The molecule has 0 saturated carbocycles. The third-order valence-electron chi connectivity index (χ3n) is 3.86. The molecule has 1 aliphatic heterocycles. The van der Waals surface area contributed by atoms with Crippen LogP contribution in [0.4, 0.5) is 0 Å². The van der Waals surface area contributed by atoms with Crippen LogP contribution in [0.15, 0.2) is 41.1 Å². The summed E-state index contributed by atoms with van der Waals surface area (Å²) in [4.78, 5) is 6.71. The van der Waals surface area contributed by atoms with Crippen molar-refractivity contribution in [2.75, 3.05) is 13.1 Å². The number of nitrogens with zero attached hydrogens (tertiary/aromatic N) is 2. The zero-order chi connectivity index (χ0) is 13.1. The van der Waals surface area contributed by atoms with Gasteiger partial charge in [0.2, 0.25) is 0 Å². The molecule has 0 radical (unpaired) electrons. The van der Waals surface area contributed by atoms with Gasteiger partial charge in [-0.3, -0.25) is 9.88 Å². The van der Waals surface area contributed by atoms with Crippen LogP contribution in [0.3, 0.4) is 0 Å². The topological polar surface area (TPSA) is 29.3 Å². The van der Waals surface area contributed by atoms with E-state index in [-0.39, 0.29) is 0 Å². The van der Waals surface area contributed by atoms with Crippen LogP contribution in [0, 0.1) is 6.92 Å². The van der Waals surface area contributed by atoms with E-state index in [9.17, 15) is 0 Å². The van der Waals surface area contributed by atoms with Crippen LogP contribution in [-0.2, 0) is 6.42 Å². The maximum atomic E-state index is 5.80. The normalized spacial score (nSPS) is 19.9. The van der Waals surface area contributed by atoms with E-state index in [2.05, 4.69) is 28.1 Å². The Morgan fingerprint density at radius 1 is 1.37 bits per heavy atom. The van der Waals surface area contributed by atoms with Crippen molar-refractivity contribution in [2.24, 2.45) is 0 Å². The van der Waals surface area contributed by atoms with Gasteiger partial charge in [-0.25, -0.2) is 0 Å². The molecule has 0 bridgehead atoms. The fourth-order valence-corrected chi connectivity index (χ4v) is 2.87. The molecule has 1 fully saturated rings. The van der Waals surface area contributed by atoms with Gasteiger partial charge in [0.25, 0.3) is 0 Å². The van der Waals surface area contributed by atoms with Gasteiger partial charge in [-0.15, -0.1) is 0 Å². The predicted octanol–water partition coefficient (Wildman–Crippen LogP) is 3.36. The van der Waals surface area contributed by atoms with Gasteiger partial charge in [0.1, 0.15) is 11.5 Å². The van der Waals surface area contributed by atoms with Gasteiger partial charge in [0, 0.05) is 18.9 Å². The summed E-state index contributed by atoms with van der Waals surface area (Å²) in [5.41, 5.74) is 1.31. The lowest BCUT2D eigenvalue weighted by molar-refractivity contribution is 0.229. The zero-order valence-corrected chi connectivity index (χ0v) is 11.4. The zero-order valence-electron chi connectivity index (χ0n) is 11.4. The van der Waals surface area contributed by atoms with Crippen molar-refractivity contribution in [3.63, 3.8) is 0 Å². The lowest BCUT2D eigenvalue weighted by Crippen LogP contribution is -2.25. The largest absolute Gasteiger partial charge is 0.465 e. The first-order chi connectivity index (χ1) is 9.33. The van der Waals surface area contributed by atoms with E-state index >= 15 is 0 Å².